The molecule has 3 aromatic rings. The molecule has 1 aromatic carbocycles. The van der Waals surface area contributed by atoms with Crippen LogP contribution in [0.4, 0.5) is 5.82 Å². The van der Waals surface area contributed by atoms with Crippen LogP contribution < -0.4 is 5.32 Å². The van der Waals surface area contributed by atoms with E-state index in [2.05, 4.69) is 10.3 Å². The summed E-state index contributed by atoms with van der Waals surface area (Å²) < 4.78 is 1.89. The molecule has 4 rings (SSSR count). The van der Waals surface area contributed by atoms with Crippen molar-refractivity contribution in [2.45, 2.75) is 12.8 Å². The van der Waals surface area contributed by atoms with Gasteiger partial charge in [0.05, 0.1) is 11.4 Å². The maximum absolute atomic E-state index is 6.13. The van der Waals surface area contributed by atoms with Crippen LogP contribution >= 0.6 is 23.2 Å². The summed E-state index contributed by atoms with van der Waals surface area (Å²) in [6.07, 6.45) is 3.49. The van der Waals surface area contributed by atoms with Crippen LogP contribution in [0.2, 0.25) is 10.0 Å². The first-order valence-corrected chi connectivity index (χ1v) is 8.17. The minimum absolute atomic E-state index is 0.598. The van der Waals surface area contributed by atoms with Crippen molar-refractivity contribution < 1.29 is 0 Å². The Morgan fingerprint density at radius 1 is 1.13 bits per heavy atom. The zero-order chi connectivity index (χ0) is 15.8. The van der Waals surface area contributed by atoms with Gasteiger partial charge < -0.3 is 5.32 Å². The SMILES string of the molecule is Clc1cc(Cl)cc(-n2nc(Cc3ccccn3)c3c2NCC3)c1. The Hall–Kier alpha value is -2.04. The molecule has 0 saturated carbocycles. The number of fused-ring (bicyclic) bond motifs is 1. The predicted octanol–water partition coefficient (Wildman–Crippen LogP) is 4.13. The molecule has 116 valence electrons. The molecule has 0 spiro atoms. The molecule has 1 aliphatic heterocycles. The molecule has 1 N–H and O–H groups in total. The smallest absolute Gasteiger partial charge is 0.133 e. The zero-order valence-electron chi connectivity index (χ0n) is 12.3. The third kappa shape index (κ3) is 2.80. The molecule has 0 aliphatic carbocycles. The largest absolute Gasteiger partial charge is 0.369 e. The molecule has 0 fully saturated rings. The first kappa shape index (κ1) is 14.5. The first-order valence-electron chi connectivity index (χ1n) is 7.42. The summed E-state index contributed by atoms with van der Waals surface area (Å²) >= 11 is 12.3. The van der Waals surface area contributed by atoms with Gasteiger partial charge in [-0.15, -0.1) is 0 Å². The van der Waals surface area contributed by atoms with Gasteiger partial charge in [-0.25, -0.2) is 4.68 Å². The Bertz CT molecular complexity index is 838. The van der Waals surface area contributed by atoms with Crippen molar-refractivity contribution in [2.24, 2.45) is 0 Å². The van der Waals surface area contributed by atoms with Gasteiger partial charge in [-0.2, -0.15) is 5.10 Å². The van der Waals surface area contributed by atoms with Crippen LogP contribution in [0.5, 0.6) is 0 Å². The van der Waals surface area contributed by atoms with Crippen LogP contribution in [0.15, 0.2) is 42.6 Å². The monoisotopic (exact) mass is 344 g/mol. The molecule has 0 bridgehead atoms. The Kier molecular flexibility index (Phi) is 3.71. The Morgan fingerprint density at radius 3 is 2.70 bits per heavy atom. The molecular weight excluding hydrogens is 331 g/mol. The van der Waals surface area contributed by atoms with Gasteiger partial charge in [-0.3, -0.25) is 4.98 Å². The number of pyridine rings is 1. The maximum Gasteiger partial charge on any atom is 0.133 e. The minimum Gasteiger partial charge on any atom is -0.369 e. The topological polar surface area (TPSA) is 42.7 Å². The second-order valence-corrected chi connectivity index (χ2v) is 6.36. The molecule has 0 amide bonds. The lowest BCUT2D eigenvalue weighted by Crippen LogP contribution is -2.05. The fraction of sp³-hybridized carbons (Fsp3) is 0.176. The molecule has 0 saturated heterocycles. The summed E-state index contributed by atoms with van der Waals surface area (Å²) in [5, 5.41) is 9.38. The molecule has 2 aromatic heterocycles. The van der Waals surface area contributed by atoms with E-state index in [9.17, 15) is 0 Å². The lowest BCUT2D eigenvalue weighted by Gasteiger charge is -2.07. The van der Waals surface area contributed by atoms with Crippen molar-refractivity contribution in [1.82, 2.24) is 14.8 Å². The Labute approximate surface area is 144 Å². The van der Waals surface area contributed by atoms with E-state index >= 15 is 0 Å². The van der Waals surface area contributed by atoms with Gasteiger partial charge in [0.15, 0.2) is 0 Å². The van der Waals surface area contributed by atoms with E-state index in [1.165, 1.54) is 5.56 Å². The summed E-state index contributed by atoms with van der Waals surface area (Å²) in [5.41, 5.74) is 4.16. The van der Waals surface area contributed by atoms with Crippen molar-refractivity contribution in [3.63, 3.8) is 0 Å². The highest BCUT2D eigenvalue weighted by atomic mass is 35.5. The number of nitrogens with zero attached hydrogens (tertiary/aromatic N) is 3. The van der Waals surface area contributed by atoms with Gasteiger partial charge in [0.1, 0.15) is 5.82 Å². The second kappa shape index (κ2) is 5.87. The van der Waals surface area contributed by atoms with E-state index in [-0.39, 0.29) is 0 Å². The normalized spacial score (nSPS) is 13.0. The Morgan fingerprint density at radius 2 is 1.96 bits per heavy atom. The van der Waals surface area contributed by atoms with Gasteiger partial charge in [0.25, 0.3) is 0 Å². The lowest BCUT2D eigenvalue weighted by molar-refractivity contribution is 0.834. The number of hydrogen-bond donors (Lipinski definition) is 1. The van der Waals surface area contributed by atoms with Crippen molar-refractivity contribution in [3.8, 4) is 5.69 Å². The van der Waals surface area contributed by atoms with Crippen LogP contribution in [0.1, 0.15) is 17.0 Å². The fourth-order valence-electron chi connectivity index (χ4n) is 2.91. The highest BCUT2D eigenvalue weighted by Gasteiger charge is 2.23. The number of halogens is 2. The van der Waals surface area contributed by atoms with Crippen molar-refractivity contribution >= 4 is 29.0 Å². The van der Waals surface area contributed by atoms with Gasteiger partial charge in [-0.05, 0) is 36.8 Å². The fourth-order valence-corrected chi connectivity index (χ4v) is 3.42. The first-order chi connectivity index (χ1) is 11.2. The van der Waals surface area contributed by atoms with Crippen LogP contribution in [0, 0.1) is 0 Å². The number of hydrogen-bond acceptors (Lipinski definition) is 3. The van der Waals surface area contributed by atoms with Crippen LogP contribution in [0.3, 0.4) is 0 Å². The molecule has 23 heavy (non-hydrogen) atoms. The standard InChI is InChI=1S/C17H14Cl2N4/c18-11-7-12(19)9-14(8-11)23-17-15(4-6-21-17)16(22-23)10-13-3-1-2-5-20-13/h1-3,5,7-9,21H,4,6,10H2. The molecular formula is C17H14Cl2N4. The van der Waals surface area contributed by atoms with E-state index in [4.69, 9.17) is 28.3 Å². The molecule has 4 nitrogen and oxygen atoms in total. The van der Waals surface area contributed by atoms with Crippen molar-refractivity contribution in [1.29, 1.82) is 0 Å². The van der Waals surface area contributed by atoms with Gasteiger partial charge in [0.2, 0.25) is 0 Å². The van der Waals surface area contributed by atoms with E-state index in [1.807, 2.05) is 41.2 Å². The average Bonchev–Trinajstić information content (AvgIpc) is 3.11. The summed E-state index contributed by atoms with van der Waals surface area (Å²) in [6, 6.07) is 11.4. The third-order valence-electron chi connectivity index (χ3n) is 3.90. The number of anilines is 1. The minimum atomic E-state index is 0.598. The van der Waals surface area contributed by atoms with Gasteiger partial charge in [-0.1, -0.05) is 29.3 Å². The average molecular weight is 345 g/mol. The summed E-state index contributed by atoms with van der Waals surface area (Å²) in [6.45, 7) is 0.913. The summed E-state index contributed by atoms with van der Waals surface area (Å²) in [4.78, 5) is 4.40. The molecule has 0 unspecified atom stereocenters. The summed E-state index contributed by atoms with van der Waals surface area (Å²) in [5.74, 6) is 1.02. The van der Waals surface area contributed by atoms with Crippen LogP contribution in [-0.2, 0) is 12.8 Å². The number of nitrogens with one attached hydrogen (secondary N) is 1. The summed E-state index contributed by atoms with van der Waals surface area (Å²) in [7, 11) is 0. The number of aromatic nitrogens is 3. The van der Waals surface area contributed by atoms with Gasteiger partial charge in [0, 0.05) is 40.5 Å². The highest BCUT2D eigenvalue weighted by Crippen LogP contribution is 2.31. The van der Waals surface area contributed by atoms with Crippen molar-refractivity contribution in [2.75, 3.05) is 11.9 Å². The second-order valence-electron chi connectivity index (χ2n) is 5.49. The van der Waals surface area contributed by atoms with E-state index in [0.29, 0.717) is 16.5 Å². The molecule has 0 atom stereocenters. The van der Waals surface area contributed by atoms with Gasteiger partial charge >= 0.3 is 0 Å². The van der Waals surface area contributed by atoms with E-state index in [0.717, 1.165) is 35.9 Å². The Balaban J connectivity index is 1.78. The molecule has 6 heteroatoms. The van der Waals surface area contributed by atoms with E-state index < -0.39 is 0 Å². The molecule has 1 aliphatic rings. The molecule has 3 heterocycles. The lowest BCUT2D eigenvalue weighted by atomic mass is 10.1. The predicted molar refractivity (Wildman–Crippen MR) is 92.8 cm³/mol. The maximum atomic E-state index is 6.13. The zero-order valence-corrected chi connectivity index (χ0v) is 13.8. The van der Waals surface area contributed by atoms with Crippen LogP contribution in [0.25, 0.3) is 5.69 Å². The van der Waals surface area contributed by atoms with Crippen LogP contribution in [-0.4, -0.2) is 21.3 Å². The third-order valence-corrected chi connectivity index (χ3v) is 4.34. The highest BCUT2D eigenvalue weighted by molar-refractivity contribution is 6.34. The number of benzene rings is 1. The number of rotatable bonds is 3. The molecule has 0 radical (unpaired) electrons. The van der Waals surface area contributed by atoms with E-state index in [1.54, 1.807) is 6.07 Å². The quantitative estimate of drug-likeness (QED) is 0.776. The van der Waals surface area contributed by atoms with Crippen molar-refractivity contribution in [3.05, 3.63) is 69.6 Å².